The highest BCUT2D eigenvalue weighted by molar-refractivity contribution is 8.50. The van der Waals surface area contributed by atoms with Crippen LogP contribution in [0.3, 0.4) is 0 Å². The van der Waals surface area contributed by atoms with Crippen molar-refractivity contribution < 1.29 is 9.72 Å². The Labute approximate surface area is 127 Å². The Morgan fingerprint density at radius 3 is 2.38 bits per heavy atom. The summed E-state index contributed by atoms with van der Waals surface area (Å²) in [5.41, 5.74) is 0.585. The summed E-state index contributed by atoms with van der Waals surface area (Å²) in [4.78, 5) is 24.1. The van der Waals surface area contributed by atoms with E-state index in [0.29, 0.717) is 10.5 Å². The molecule has 3 rings (SSSR count). The largest absolute Gasteiger partial charge is 0.284 e. The molecule has 1 unspecified atom stereocenters. The molecule has 0 bridgehead atoms. The van der Waals surface area contributed by atoms with E-state index in [1.165, 1.54) is 16.4 Å². The minimum atomic E-state index is -2.18. The number of hydrogen-bond donors (Lipinski definition) is 0. The van der Waals surface area contributed by atoms with E-state index in [-0.39, 0.29) is 11.6 Å². The summed E-state index contributed by atoms with van der Waals surface area (Å²) < 4.78 is 1.53. The molecule has 0 N–H and O–H groups in total. The lowest BCUT2D eigenvalue weighted by Gasteiger charge is -2.35. The lowest BCUT2D eigenvalue weighted by atomic mass is 10.2. The van der Waals surface area contributed by atoms with Crippen molar-refractivity contribution in [1.82, 2.24) is 4.31 Å². The van der Waals surface area contributed by atoms with Crippen molar-refractivity contribution >= 4 is 31.7 Å². The second-order valence-corrected chi connectivity index (χ2v) is 8.37. The molecule has 0 radical (unpaired) electrons. The average molecular weight is 323 g/mol. The third kappa shape index (κ3) is 1.91. The number of carbonyl (C=O) groups is 1. The monoisotopic (exact) mass is 322 g/mol. The molecule has 7 heteroatoms. The highest BCUT2D eigenvalue weighted by Crippen LogP contribution is 2.72. The number of nitro groups is 1. The van der Waals surface area contributed by atoms with E-state index in [1.54, 1.807) is 31.3 Å². The minimum Gasteiger partial charge on any atom is -0.284 e. The smallest absolute Gasteiger partial charge is 0.269 e. The quantitative estimate of drug-likeness (QED) is 0.620. The van der Waals surface area contributed by atoms with Crippen LogP contribution in [0.15, 0.2) is 58.3 Å². The van der Waals surface area contributed by atoms with Crippen LogP contribution in [0, 0.1) is 10.1 Å². The number of benzene rings is 2. The van der Waals surface area contributed by atoms with Gasteiger partial charge in [0.25, 0.3) is 11.6 Å². The SMILES string of the molecule is CN1C(=O)c2ccccc2S1(Cl)c1ccc([N+](=O)[O-])cc1. The molecular weight excluding hydrogens is 312 g/mol. The predicted octanol–water partition coefficient (Wildman–Crippen LogP) is 3.97. The fourth-order valence-corrected chi connectivity index (χ4v) is 5.64. The van der Waals surface area contributed by atoms with Crippen LogP contribution in [0.4, 0.5) is 5.69 Å². The van der Waals surface area contributed by atoms with Crippen LogP contribution in [-0.2, 0) is 0 Å². The Morgan fingerprint density at radius 2 is 1.76 bits per heavy atom. The fraction of sp³-hybridized carbons (Fsp3) is 0.0714. The van der Waals surface area contributed by atoms with Gasteiger partial charge >= 0.3 is 0 Å². The Kier molecular flexibility index (Phi) is 3.15. The summed E-state index contributed by atoms with van der Waals surface area (Å²) in [5, 5.41) is 10.7. The van der Waals surface area contributed by atoms with Gasteiger partial charge in [0, 0.05) is 29.0 Å². The molecular formula is C14H11ClN2O3S. The Morgan fingerprint density at radius 1 is 1.14 bits per heavy atom. The maximum Gasteiger partial charge on any atom is 0.269 e. The van der Waals surface area contributed by atoms with Gasteiger partial charge in [0.2, 0.25) is 0 Å². The highest BCUT2D eigenvalue weighted by atomic mass is 35.7. The van der Waals surface area contributed by atoms with Gasteiger partial charge in [-0.2, -0.15) is 0 Å². The average Bonchev–Trinajstić information content (AvgIpc) is 2.71. The molecule has 0 saturated heterocycles. The molecule has 1 atom stereocenters. The molecule has 2 aromatic rings. The molecule has 108 valence electrons. The highest BCUT2D eigenvalue weighted by Gasteiger charge is 2.43. The van der Waals surface area contributed by atoms with Gasteiger partial charge in [0.15, 0.2) is 0 Å². The first-order valence-electron chi connectivity index (χ1n) is 6.11. The number of nitrogens with zero attached hydrogens (tertiary/aromatic N) is 2. The molecule has 1 aliphatic rings. The van der Waals surface area contributed by atoms with Crippen molar-refractivity contribution in [2.24, 2.45) is 0 Å². The molecule has 0 aromatic heterocycles. The van der Waals surface area contributed by atoms with Gasteiger partial charge in [0.05, 0.1) is 10.5 Å². The molecule has 0 fully saturated rings. The van der Waals surface area contributed by atoms with Crippen LogP contribution in [0.5, 0.6) is 0 Å². The zero-order valence-electron chi connectivity index (χ0n) is 11.0. The van der Waals surface area contributed by atoms with Crippen molar-refractivity contribution in [1.29, 1.82) is 0 Å². The van der Waals surface area contributed by atoms with Crippen LogP contribution in [0.2, 0.25) is 0 Å². The Balaban J connectivity index is 2.16. The lowest BCUT2D eigenvalue weighted by Crippen LogP contribution is -2.20. The summed E-state index contributed by atoms with van der Waals surface area (Å²) in [6.45, 7) is 0. The zero-order valence-corrected chi connectivity index (χ0v) is 12.6. The van der Waals surface area contributed by atoms with Crippen LogP contribution >= 0.6 is 20.1 Å². The molecule has 2 aromatic carbocycles. The van der Waals surface area contributed by atoms with Gasteiger partial charge in [0.1, 0.15) is 0 Å². The van der Waals surface area contributed by atoms with E-state index in [4.69, 9.17) is 10.7 Å². The predicted molar refractivity (Wildman–Crippen MR) is 81.6 cm³/mol. The molecule has 1 amide bonds. The van der Waals surface area contributed by atoms with Crippen molar-refractivity contribution in [3.8, 4) is 0 Å². The van der Waals surface area contributed by atoms with E-state index >= 15 is 0 Å². The number of nitro benzene ring substituents is 1. The van der Waals surface area contributed by atoms with Crippen LogP contribution in [-0.4, -0.2) is 22.2 Å². The normalized spacial score (nSPS) is 23.5. The maximum absolute atomic E-state index is 12.3. The molecule has 1 aliphatic heterocycles. The minimum absolute atomic E-state index is 0.00122. The lowest BCUT2D eigenvalue weighted by molar-refractivity contribution is -0.384. The van der Waals surface area contributed by atoms with Crippen molar-refractivity contribution in [3.63, 3.8) is 0 Å². The van der Waals surface area contributed by atoms with Crippen molar-refractivity contribution in [2.75, 3.05) is 7.05 Å². The van der Waals surface area contributed by atoms with E-state index < -0.39 is 14.4 Å². The van der Waals surface area contributed by atoms with Gasteiger partial charge in [-0.3, -0.25) is 19.2 Å². The third-order valence-electron chi connectivity index (χ3n) is 3.43. The first kappa shape index (κ1) is 13.9. The molecule has 1 heterocycles. The number of halogens is 1. The van der Waals surface area contributed by atoms with Gasteiger partial charge in [-0.1, -0.05) is 12.1 Å². The number of fused-ring (bicyclic) bond motifs is 1. The number of amides is 1. The number of rotatable bonds is 2. The Hall–Kier alpha value is -2.05. The van der Waals surface area contributed by atoms with Crippen molar-refractivity contribution in [2.45, 2.75) is 9.79 Å². The molecule has 5 nitrogen and oxygen atoms in total. The number of non-ortho nitro benzene ring substituents is 1. The standard InChI is InChI=1S/C14H11ClN2O3S/c1-16-14(18)12-4-2-3-5-13(12)21(16,15)11-8-6-10(7-9-11)17(19)20/h2-9H,1H3. The Bertz CT molecular complexity index is 750. The second-order valence-electron chi connectivity index (χ2n) is 4.56. The fourth-order valence-electron chi connectivity index (χ4n) is 2.34. The van der Waals surface area contributed by atoms with E-state index in [2.05, 4.69) is 0 Å². The summed E-state index contributed by atoms with van der Waals surface area (Å²) in [6, 6.07) is 13.3. The molecule has 0 aliphatic carbocycles. The van der Waals surface area contributed by atoms with Crippen LogP contribution in [0.1, 0.15) is 10.4 Å². The van der Waals surface area contributed by atoms with Gasteiger partial charge < -0.3 is 0 Å². The summed E-state index contributed by atoms with van der Waals surface area (Å²) in [6.07, 6.45) is 0. The maximum atomic E-state index is 12.3. The first-order chi connectivity index (χ1) is 9.96. The molecule has 0 saturated carbocycles. The van der Waals surface area contributed by atoms with Crippen LogP contribution in [0.25, 0.3) is 0 Å². The number of carbonyl (C=O) groups excluding carboxylic acids is 1. The number of hydrogen-bond acceptors (Lipinski definition) is 3. The van der Waals surface area contributed by atoms with Gasteiger partial charge in [-0.15, -0.1) is 0 Å². The van der Waals surface area contributed by atoms with Gasteiger partial charge in [-0.05, 0) is 44.4 Å². The third-order valence-corrected chi connectivity index (χ3v) is 7.84. The molecule has 0 spiro atoms. The first-order valence-corrected chi connectivity index (χ1v) is 8.52. The van der Waals surface area contributed by atoms with E-state index in [1.807, 2.05) is 12.1 Å². The van der Waals surface area contributed by atoms with Crippen LogP contribution < -0.4 is 0 Å². The van der Waals surface area contributed by atoms with Gasteiger partial charge in [-0.25, -0.2) is 0 Å². The van der Waals surface area contributed by atoms with E-state index in [0.717, 1.165) is 4.90 Å². The summed E-state index contributed by atoms with van der Waals surface area (Å²) >= 11 is 0. The zero-order chi connectivity index (χ0) is 15.2. The van der Waals surface area contributed by atoms with Crippen molar-refractivity contribution in [3.05, 3.63) is 64.2 Å². The summed E-state index contributed by atoms with van der Waals surface area (Å²) in [7, 11) is 6.30. The summed E-state index contributed by atoms with van der Waals surface area (Å²) in [5.74, 6) is -0.131. The second kappa shape index (κ2) is 4.75. The van der Waals surface area contributed by atoms with E-state index in [9.17, 15) is 14.9 Å². The molecule has 21 heavy (non-hydrogen) atoms. The topological polar surface area (TPSA) is 63.5 Å².